The van der Waals surface area contributed by atoms with Gasteiger partial charge in [-0.05, 0) is 61.2 Å². The summed E-state index contributed by atoms with van der Waals surface area (Å²) in [5.74, 6) is 1.38. The smallest absolute Gasteiger partial charge is 0.223 e. The Bertz CT molecular complexity index is 482. The van der Waals surface area contributed by atoms with Crippen molar-refractivity contribution < 1.29 is 4.79 Å². The molecule has 5 heteroatoms. The molecule has 1 aliphatic heterocycles. The first kappa shape index (κ1) is 15.3. The molecule has 0 aliphatic carbocycles. The Morgan fingerprint density at radius 1 is 1.45 bits per heavy atom. The Kier molecular flexibility index (Phi) is 5.02. The lowest BCUT2D eigenvalue weighted by molar-refractivity contribution is -0.126. The molecule has 0 bridgehead atoms. The molecule has 0 saturated carbocycles. The van der Waals surface area contributed by atoms with Gasteiger partial charge in [0.15, 0.2) is 0 Å². The summed E-state index contributed by atoms with van der Waals surface area (Å²) in [6.45, 7) is 7.87. The van der Waals surface area contributed by atoms with Crippen molar-refractivity contribution in [2.75, 3.05) is 18.0 Å². The van der Waals surface area contributed by atoms with Crippen LogP contribution in [0.3, 0.4) is 0 Å². The van der Waals surface area contributed by atoms with Gasteiger partial charge >= 0.3 is 0 Å². The van der Waals surface area contributed by atoms with Crippen LogP contribution in [0.4, 0.5) is 5.82 Å². The number of nitrogens with one attached hydrogen (secondary N) is 1. The summed E-state index contributed by atoms with van der Waals surface area (Å²) in [5, 5.41) is 3.01. The Morgan fingerprint density at radius 2 is 2.10 bits per heavy atom. The van der Waals surface area contributed by atoms with Crippen LogP contribution in [-0.4, -0.2) is 30.0 Å². The molecule has 2 rings (SSSR count). The molecule has 1 aliphatic rings. The van der Waals surface area contributed by atoms with Crippen molar-refractivity contribution in [3.63, 3.8) is 0 Å². The molecule has 0 radical (unpaired) electrons. The lowest BCUT2D eigenvalue weighted by Crippen LogP contribution is -2.42. The quantitative estimate of drug-likeness (QED) is 0.920. The van der Waals surface area contributed by atoms with Crippen LogP contribution >= 0.6 is 15.9 Å². The van der Waals surface area contributed by atoms with E-state index < -0.39 is 0 Å². The van der Waals surface area contributed by atoms with Crippen molar-refractivity contribution in [2.24, 2.45) is 5.92 Å². The summed E-state index contributed by atoms with van der Waals surface area (Å²) in [5.41, 5.74) is 1.17. The number of aryl methyl sites for hydroxylation is 1. The van der Waals surface area contributed by atoms with E-state index >= 15 is 0 Å². The van der Waals surface area contributed by atoms with E-state index in [0.717, 1.165) is 36.2 Å². The first-order valence-electron chi connectivity index (χ1n) is 7.15. The molecule has 1 aromatic heterocycles. The van der Waals surface area contributed by atoms with Gasteiger partial charge in [-0.2, -0.15) is 0 Å². The second-order valence-corrected chi connectivity index (χ2v) is 6.63. The van der Waals surface area contributed by atoms with E-state index in [1.807, 2.05) is 20.0 Å². The fourth-order valence-corrected chi connectivity index (χ4v) is 3.07. The SMILES string of the molecule is Cc1cc(Br)cnc1N1CCC(C(=O)NC(C)C)CC1. The van der Waals surface area contributed by atoms with E-state index in [4.69, 9.17) is 0 Å². The Morgan fingerprint density at radius 3 is 2.65 bits per heavy atom. The third-order valence-corrected chi connectivity index (χ3v) is 4.05. The standard InChI is InChI=1S/C15H22BrN3O/c1-10(2)18-15(20)12-4-6-19(7-5-12)14-11(3)8-13(16)9-17-14/h8-10,12H,4-7H2,1-3H3,(H,18,20). The van der Waals surface area contributed by atoms with Crippen molar-refractivity contribution in [3.05, 3.63) is 22.3 Å². The molecule has 2 heterocycles. The van der Waals surface area contributed by atoms with Crippen LogP contribution in [-0.2, 0) is 4.79 Å². The van der Waals surface area contributed by atoms with Crippen molar-refractivity contribution in [2.45, 2.75) is 39.7 Å². The van der Waals surface area contributed by atoms with Gasteiger partial charge in [-0.1, -0.05) is 0 Å². The molecule has 0 unspecified atom stereocenters. The highest BCUT2D eigenvalue weighted by Crippen LogP contribution is 2.26. The van der Waals surface area contributed by atoms with Crippen LogP contribution in [0.2, 0.25) is 0 Å². The molecule has 0 atom stereocenters. The van der Waals surface area contributed by atoms with Gasteiger partial charge in [-0.25, -0.2) is 4.98 Å². The summed E-state index contributed by atoms with van der Waals surface area (Å²) >= 11 is 3.44. The molecule has 0 aromatic carbocycles. The number of hydrogen-bond acceptors (Lipinski definition) is 3. The van der Waals surface area contributed by atoms with Crippen molar-refractivity contribution in [1.29, 1.82) is 0 Å². The predicted molar refractivity (Wildman–Crippen MR) is 84.9 cm³/mol. The summed E-state index contributed by atoms with van der Waals surface area (Å²) in [6.07, 6.45) is 3.63. The fourth-order valence-electron chi connectivity index (χ4n) is 2.62. The molecule has 20 heavy (non-hydrogen) atoms. The third kappa shape index (κ3) is 3.72. The van der Waals surface area contributed by atoms with Crippen molar-refractivity contribution >= 4 is 27.7 Å². The molecule has 1 N–H and O–H groups in total. The number of piperidine rings is 1. The number of rotatable bonds is 3. The van der Waals surface area contributed by atoms with Crippen LogP contribution in [0.1, 0.15) is 32.3 Å². The maximum absolute atomic E-state index is 12.0. The highest BCUT2D eigenvalue weighted by molar-refractivity contribution is 9.10. The average molecular weight is 340 g/mol. The van der Waals surface area contributed by atoms with Gasteiger partial charge in [0.1, 0.15) is 5.82 Å². The van der Waals surface area contributed by atoms with Crippen LogP contribution in [0, 0.1) is 12.8 Å². The second-order valence-electron chi connectivity index (χ2n) is 5.72. The molecule has 1 amide bonds. The average Bonchev–Trinajstić information content (AvgIpc) is 2.38. The first-order valence-corrected chi connectivity index (χ1v) is 7.94. The number of carbonyl (C=O) groups excluding carboxylic acids is 1. The van der Waals surface area contributed by atoms with Crippen LogP contribution in [0.15, 0.2) is 16.7 Å². The maximum atomic E-state index is 12.0. The molecule has 1 aromatic rings. The molecule has 1 fully saturated rings. The zero-order valence-electron chi connectivity index (χ0n) is 12.3. The van der Waals surface area contributed by atoms with Crippen molar-refractivity contribution in [3.8, 4) is 0 Å². The highest BCUT2D eigenvalue weighted by atomic mass is 79.9. The molecule has 0 spiro atoms. The van der Waals surface area contributed by atoms with E-state index in [2.05, 4.69) is 44.1 Å². The van der Waals surface area contributed by atoms with E-state index in [1.54, 1.807) is 0 Å². The summed E-state index contributed by atoms with van der Waals surface area (Å²) < 4.78 is 1.00. The van der Waals surface area contributed by atoms with Gasteiger partial charge in [0.25, 0.3) is 0 Å². The molecular formula is C15H22BrN3O. The minimum absolute atomic E-state index is 0.143. The highest BCUT2D eigenvalue weighted by Gasteiger charge is 2.26. The number of anilines is 1. The predicted octanol–water partition coefficient (Wildman–Crippen LogP) is 2.89. The zero-order chi connectivity index (χ0) is 14.7. The number of aromatic nitrogens is 1. The molecule has 4 nitrogen and oxygen atoms in total. The number of pyridine rings is 1. The lowest BCUT2D eigenvalue weighted by Gasteiger charge is -2.33. The van der Waals surface area contributed by atoms with Crippen LogP contribution in [0.5, 0.6) is 0 Å². The summed E-state index contributed by atoms with van der Waals surface area (Å²) in [4.78, 5) is 18.8. The van der Waals surface area contributed by atoms with Crippen LogP contribution < -0.4 is 10.2 Å². The molecular weight excluding hydrogens is 318 g/mol. The van der Waals surface area contributed by atoms with Gasteiger partial charge in [-0.3, -0.25) is 4.79 Å². The third-order valence-electron chi connectivity index (χ3n) is 3.61. The Labute approximate surface area is 129 Å². The van der Waals surface area contributed by atoms with Crippen LogP contribution in [0.25, 0.3) is 0 Å². The number of halogens is 1. The minimum Gasteiger partial charge on any atom is -0.356 e. The van der Waals surface area contributed by atoms with Gasteiger partial charge in [-0.15, -0.1) is 0 Å². The Balaban J connectivity index is 1.95. The summed E-state index contributed by atoms with van der Waals surface area (Å²) in [6, 6.07) is 2.30. The topological polar surface area (TPSA) is 45.2 Å². The monoisotopic (exact) mass is 339 g/mol. The largest absolute Gasteiger partial charge is 0.356 e. The van der Waals surface area contributed by atoms with E-state index in [9.17, 15) is 4.79 Å². The number of hydrogen-bond donors (Lipinski definition) is 1. The number of nitrogens with zero attached hydrogens (tertiary/aromatic N) is 2. The normalized spacial score (nSPS) is 16.6. The number of amides is 1. The zero-order valence-corrected chi connectivity index (χ0v) is 13.9. The first-order chi connectivity index (χ1) is 9.47. The van der Waals surface area contributed by atoms with Crippen molar-refractivity contribution in [1.82, 2.24) is 10.3 Å². The molecule has 110 valence electrons. The molecule has 1 saturated heterocycles. The number of carbonyl (C=O) groups is 1. The fraction of sp³-hybridized carbons (Fsp3) is 0.600. The van der Waals surface area contributed by atoms with Gasteiger partial charge < -0.3 is 10.2 Å². The van der Waals surface area contributed by atoms with Gasteiger partial charge in [0.05, 0.1) is 0 Å². The van der Waals surface area contributed by atoms with E-state index in [-0.39, 0.29) is 17.9 Å². The van der Waals surface area contributed by atoms with Gasteiger partial charge in [0, 0.05) is 35.7 Å². The maximum Gasteiger partial charge on any atom is 0.223 e. The van der Waals surface area contributed by atoms with Gasteiger partial charge in [0.2, 0.25) is 5.91 Å². The second kappa shape index (κ2) is 6.57. The lowest BCUT2D eigenvalue weighted by atomic mass is 9.95. The Hall–Kier alpha value is -1.10. The van der Waals surface area contributed by atoms with E-state index in [1.165, 1.54) is 5.56 Å². The minimum atomic E-state index is 0.143. The van der Waals surface area contributed by atoms with E-state index in [0.29, 0.717) is 0 Å². The summed E-state index contributed by atoms with van der Waals surface area (Å²) in [7, 11) is 0.